The van der Waals surface area contributed by atoms with Crippen molar-refractivity contribution in [1.29, 1.82) is 0 Å². The van der Waals surface area contributed by atoms with Crippen molar-refractivity contribution < 1.29 is 13.2 Å². The van der Waals surface area contributed by atoms with Crippen molar-refractivity contribution in [2.75, 3.05) is 13.6 Å². The predicted molar refractivity (Wildman–Crippen MR) is 101 cm³/mol. The molecular formula is C19H29N3O3S. The van der Waals surface area contributed by atoms with Gasteiger partial charge in [0.2, 0.25) is 10.0 Å². The van der Waals surface area contributed by atoms with E-state index in [0.717, 1.165) is 30.4 Å². The van der Waals surface area contributed by atoms with E-state index in [-0.39, 0.29) is 18.1 Å². The first-order chi connectivity index (χ1) is 12.3. The molecule has 6 nitrogen and oxygen atoms in total. The van der Waals surface area contributed by atoms with Crippen LogP contribution in [0.4, 0.5) is 4.79 Å². The number of fused-ring (bicyclic) bond motifs is 1. The lowest BCUT2D eigenvalue weighted by molar-refractivity contribution is 0.188. The van der Waals surface area contributed by atoms with Crippen LogP contribution >= 0.6 is 0 Å². The van der Waals surface area contributed by atoms with Crippen LogP contribution in [0.1, 0.15) is 50.7 Å². The van der Waals surface area contributed by atoms with E-state index in [4.69, 9.17) is 0 Å². The number of benzene rings is 1. The molecule has 3 rings (SSSR count). The molecule has 2 aliphatic rings. The summed E-state index contributed by atoms with van der Waals surface area (Å²) in [5.74, 6) is 0. The summed E-state index contributed by atoms with van der Waals surface area (Å²) in [7, 11) is -1.92. The third-order valence-corrected chi connectivity index (χ3v) is 7.59. The zero-order chi connectivity index (χ0) is 18.9. The molecule has 1 aliphatic carbocycles. The average Bonchev–Trinajstić information content (AvgIpc) is 3.12. The Balaban J connectivity index is 1.76. The second-order valence-electron chi connectivity index (χ2n) is 7.65. The topological polar surface area (TPSA) is 69.7 Å². The molecule has 0 unspecified atom stereocenters. The second kappa shape index (κ2) is 7.56. The second-order valence-corrected chi connectivity index (χ2v) is 9.65. The summed E-state index contributed by atoms with van der Waals surface area (Å²) in [4.78, 5) is 14.6. The molecule has 1 heterocycles. The molecule has 0 radical (unpaired) electrons. The van der Waals surface area contributed by atoms with Gasteiger partial charge in [-0.15, -0.1) is 0 Å². The fourth-order valence-electron chi connectivity index (χ4n) is 3.65. The maximum absolute atomic E-state index is 12.7. The highest BCUT2D eigenvalue weighted by atomic mass is 32.2. The molecule has 2 amide bonds. The van der Waals surface area contributed by atoms with E-state index in [2.05, 4.69) is 5.32 Å². The standard InChI is InChI=1S/C19H29N3O3S/c1-14(2)21(3)26(24,25)18-9-8-15-10-11-22(13-16(15)12-18)19(23)20-17-6-4-5-7-17/h8-9,12,14,17H,4-7,10-11,13H2,1-3H3,(H,20,23). The number of sulfonamides is 1. The highest BCUT2D eigenvalue weighted by Gasteiger charge is 2.27. The number of nitrogens with zero attached hydrogens (tertiary/aromatic N) is 2. The molecule has 7 heteroatoms. The minimum Gasteiger partial charge on any atom is -0.335 e. The van der Waals surface area contributed by atoms with Gasteiger partial charge in [0.05, 0.1) is 4.90 Å². The summed E-state index contributed by atoms with van der Waals surface area (Å²) in [6, 6.07) is 5.46. The molecule has 0 bridgehead atoms. The van der Waals surface area contributed by atoms with E-state index < -0.39 is 10.0 Å². The Morgan fingerprint density at radius 3 is 2.58 bits per heavy atom. The van der Waals surface area contributed by atoms with Gasteiger partial charge in [-0.3, -0.25) is 0 Å². The molecule has 1 aromatic rings. The Hall–Kier alpha value is -1.60. The normalized spacial score (nSPS) is 18.4. The van der Waals surface area contributed by atoms with Gasteiger partial charge in [0.15, 0.2) is 0 Å². The van der Waals surface area contributed by atoms with Gasteiger partial charge in [0.1, 0.15) is 0 Å². The molecule has 144 valence electrons. The monoisotopic (exact) mass is 379 g/mol. The van der Waals surface area contributed by atoms with Gasteiger partial charge >= 0.3 is 6.03 Å². The summed E-state index contributed by atoms with van der Waals surface area (Å²) in [6.07, 6.45) is 5.23. The zero-order valence-electron chi connectivity index (χ0n) is 15.9. The van der Waals surface area contributed by atoms with Crippen LogP contribution in [0.15, 0.2) is 23.1 Å². The van der Waals surface area contributed by atoms with Gasteiger partial charge in [0, 0.05) is 32.2 Å². The Labute approximate surface area is 156 Å². The van der Waals surface area contributed by atoms with E-state index in [1.165, 1.54) is 17.1 Å². The van der Waals surface area contributed by atoms with Crippen LogP contribution in [0.5, 0.6) is 0 Å². The Morgan fingerprint density at radius 1 is 1.23 bits per heavy atom. The zero-order valence-corrected chi connectivity index (χ0v) is 16.7. The number of urea groups is 1. The molecule has 0 saturated heterocycles. The molecule has 0 spiro atoms. The molecule has 1 saturated carbocycles. The Kier molecular flexibility index (Phi) is 5.58. The molecule has 1 aromatic carbocycles. The number of carbonyl (C=O) groups excluding carboxylic acids is 1. The first-order valence-electron chi connectivity index (χ1n) is 9.44. The molecule has 0 atom stereocenters. The van der Waals surface area contributed by atoms with Gasteiger partial charge in [0.25, 0.3) is 0 Å². The van der Waals surface area contributed by atoms with Gasteiger partial charge in [-0.05, 0) is 56.4 Å². The molecule has 0 aromatic heterocycles. The fraction of sp³-hybridized carbons (Fsp3) is 0.632. The average molecular weight is 380 g/mol. The lowest BCUT2D eigenvalue weighted by atomic mass is 10.0. The van der Waals surface area contributed by atoms with Crippen molar-refractivity contribution in [3.8, 4) is 0 Å². The number of hydrogen-bond donors (Lipinski definition) is 1. The van der Waals surface area contributed by atoms with E-state index in [1.807, 2.05) is 19.9 Å². The summed E-state index contributed by atoms with van der Waals surface area (Å²) in [5.41, 5.74) is 2.05. The predicted octanol–water partition coefficient (Wildman–Crippen LogP) is 2.73. The highest BCUT2D eigenvalue weighted by molar-refractivity contribution is 7.89. The van der Waals surface area contributed by atoms with Crippen molar-refractivity contribution in [3.05, 3.63) is 29.3 Å². The number of amides is 2. The van der Waals surface area contributed by atoms with Crippen molar-refractivity contribution in [2.45, 2.75) is 69.5 Å². The van der Waals surface area contributed by atoms with E-state index in [9.17, 15) is 13.2 Å². The number of hydrogen-bond acceptors (Lipinski definition) is 3. The lowest BCUT2D eigenvalue weighted by Crippen LogP contribution is -2.46. The van der Waals surface area contributed by atoms with Gasteiger partial charge in [-0.1, -0.05) is 18.9 Å². The molecule has 1 N–H and O–H groups in total. The van der Waals surface area contributed by atoms with Crippen LogP contribution in [0.25, 0.3) is 0 Å². The SMILES string of the molecule is CC(C)N(C)S(=O)(=O)c1ccc2c(c1)CN(C(=O)NC1CCCC1)CC2. The van der Waals surface area contributed by atoms with Gasteiger partial charge in [-0.25, -0.2) is 13.2 Å². The summed E-state index contributed by atoms with van der Waals surface area (Å²) < 4.78 is 26.9. The maximum atomic E-state index is 12.7. The largest absolute Gasteiger partial charge is 0.335 e. The van der Waals surface area contributed by atoms with Crippen LogP contribution in [0.2, 0.25) is 0 Å². The summed E-state index contributed by atoms with van der Waals surface area (Å²) in [5, 5.41) is 3.12. The van der Waals surface area contributed by atoms with Crippen LogP contribution in [0, 0.1) is 0 Å². The number of nitrogens with one attached hydrogen (secondary N) is 1. The van der Waals surface area contributed by atoms with Crippen molar-refractivity contribution in [1.82, 2.24) is 14.5 Å². The highest BCUT2D eigenvalue weighted by Crippen LogP contribution is 2.25. The van der Waals surface area contributed by atoms with Gasteiger partial charge < -0.3 is 10.2 Å². The van der Waals surface area contributed by atoms with E-state index in [1.54, 1.807) is 24.1 Å². The van der Waals surface area contributed by atoms with E-state index >= 15 is 0 Å². The quantitative estimate of drug-likeness (QED) is 0.874. The van der Waals surface area contributed by atoms with Crippen LogP contribution in [0.3, 0.4) is 0 Å². The van der Waals surface area contributed by atoms with Crippen molar-refractivity contribution >= 4 is 16.1 Å². The number of rotatable bonds is 4. The van der Waals surface area contributed by atoms with E-state index in [0.29, 0.717) is 18.0 Å². The molecule has 1 aliphatic heterocycles. The summed E-state index contributed by atoms with van der Waals surface area (Å²) in [6.45, 7) is 4.84. The minimum absolute atomic E-state index is 0.0323. The number of carbonyl (C=O) groups is 1. The summed E-state index contributed by atoms with van der Waals surface area (Å²) >= 11 is 0. The van der Waals surface area contributed by atoms with Crippen LogP contribution < -0.4 is 5.32 Å². The van der Waals surface area contributed by atoms with Crippen molar-refractivity contribution in [3.63, 3.8) is 0 Å². The molecule has 26 heavy (non-hydrogen) atoms. The first kappa shape index (κ1) is 19.2. The smallest absolute Gasteiger partial charge is 0.317 e. The third-order valence-electron chi connectivity index (χ3n) is 5.56. The molecule has 1 fully saturated rings. The maximum Gasteiger partial charge on any atom is 0.317 e. The van der Waals surface area contributed by atoms with Crippen LogP contribution in [-0.4, -0.2) is 49.3 Å². The molecular weight excluding hydrogens is 350 g/mol. The first-order valence-corrected chi connectivity index (χ1v) is 10.9. The third kappa shape index (κ3) is 3.88. The van der Waals surface area contributed by atoms with Gasteiger partial charge in [-0.2, -0.15) is 4.31 Å². The Morgan fingerprint density at radius 2 is 1.92 bits per heavy atom. The fourth-order valence-corrected chi connectivity index (χ4v) is 5.07. The lowest BCUT2D eigenvalue weighted by Gasteiger charge is -2.31. The van der Waals surface area contributed by atoms with Crippen LogP contribution in [-0.2, 0) is 23.0 Å². The van der Waals surface area contributed by atoms with Crippen molar-refractivity contribution in [2.24, 2.45) is 0 Å². The minimum atomic E-state index is -3.51. The Bertz CT molecular complexity index is 770.